The third kappa shape index (κ3) is 2.44. The van der Waals surface area contributed by atoms with Crippen molar-refractivity contribution in [3.63, 3.8) is 0 Å². The molecule has 21 heavy (non-hydrogen) atoms. The maximum Gasteiger partial charge on any atom is 0.111 e. The second-order valence-electron chi connectivity index (χ2n) is 5.08. The van der Waals surface area contributed by atoms with Gasteiger partial charge in [0.1, 0.15) is 11.8 Å². The summed E-state index contributed by atoms with van der Waals surface area (Å²) >= 11 is 0. The lowest BCUT2D eigenvalue weighted by Crippen LogP contribution is -1.94. The highest BCUT2D eigenvalue weighted by atomic mass is 15.3. The summed E-state index contributed by atoms with van der Waals surface area (Å²) in [5.74, 6) is 0. The van der Waals surface area contributed by atoms with E-state index in [4.69, 9.17) is 0 Å². The van der Waals surface area contributed by atoms with Gasteiger partial charge in [-0.25, -0.2) is 4.68 Å². The largest absolute Gasteiger partial charge is 0.239 e. The standard InChI is InChI=1S/C18H15N3/c1-13-8-9-15(10-14(13)2)18-16(11-19)12-21(20-18)17-6-4-3-5-7-17/h3-10,12H,1-2H3. The van der Waals surface area contributed by atoms with E-state index in [0.29, 0.717) is 5.56 Å². The number of hydrogen-bond acceptors (Lipinski definition) is 2. The van der Waals surface area contributed by atoms with Crippen molar-refractivity contribution >= 4 is 0 Å². The smallest absolute Gasteiger partial charge is 0.111 e. The molecule has 3 nitrogen and oxygen atoms in total. The van der Waals surface area contributed by atoms with Gasteiger partial charge in [-0.05, 0) is 43.2 Å². The van der Waals surface area contributed by atoms with Crippen LogP contribution in [0.5, 0.6) is 0 Å². The van der Waals surface area contributed by atoms with Gasteiger partial charge in [0.2, 0.25) is 0 Å². The van der Waals surface area contributed by atoms with Crippen molar-refractivity contribution in [1.29, 1.82) is 5.26 Å². The first-order chi connectivity index (χ1) is 10.2. The second-order valence-corrected chi connectivity index (χ2v) is 5.08. The Bertz CT molecular complexity index is 823. The maximum absolute atomic E-state index is 9.36. The molecule has 0 aliphatic heterocycles. The van der Waals surface area contributed by atoms with Crippen LogP contribution < -0.4 is 0 Å². The Morgan fingerprint density at radius 1 is 1.00 bits per heavy atom. The van der Waals surface area contributed by atoms with E-state index >= 15 is 0 Å². The van der Waals surface area contributed by atoms with E-state index in [9.17, 15) is 5.26 Å². The minimum absolute atomic E-state index is 0.585. The van der Waals surface area contributed by atoms with Crippen LogP contribution in [0.1, 0.15) is 16.7 Å². The molecule has 0 saturated carbocycles. The molecule has 102 valence electrons. The Morgan fingerprint density at radius 2 is 1.76 bits per heavy atom. The Kier molecular flexibility index (Phi) is 3.29. The summed E-state index contributed by atoms with van der Waals surface area (Å²) in [6.45, 7) is 4.14. The summed E-state index contributed by atoms with van der Waals surface area (Å²) in [5.41, 5.74) is 5.67. The van der Waals surface area contributed by atoms with Gasteiger partial charge in [-0.2, -0.15) is 10.4 Å². The first kappa shape index (κ1) is 13.1. The van der Waals surface area contributed by atoms with Crippen LogP contribution in [-0.4, -0.2) is 9.78 Å². The fourth-order valence-corrected chi connectivity index (χ4v) is 2.27. The van der Waals surface area contributed by atoms with Crippen molar-refractivity contribution in [2.75, 3.05) is 0 Å². The fraction of sp³-hybridized carbons (Fsp3) is 0.111. The molecule has 0 fully saturated rings. The third-order valence-corrected chi connectivity index (χ3v) is 3.64. The molecule has 3 aromatic rings. The van der Waals surface area contributed by atoms with Gasteiger partial charge < -0.3 is 0 Å². The van der Waals surface area contributed by atoms with Crippen molar-refractivity contribution in [2.45, 2.75) is 13.8 Å². The average Bonchev–Trinajstić information content (AvgIpc) is 2.95. The van der Waals surface area contributed by atoms with Gasteiger partial charge in [0, 0.05) is 11.8 Å². The number of hydrogen-bond donors (Lipinski definition) is 0. The number of nitriles is 1. The predicted molar refractivity (Wildman–Crippen MR) is 83.2 cm³/mol. The van der Waals surface area contributed by atoms with E-state index in [2.05, 4.69) is 37.1 Å². The number of aromatic nitrogens is 2. The lowest BCUT2D eigenvalue weighted by atomic mass is 10.0. The van der Waals surface area contributed by atoms with E-state index in [1.54, 1.807) is 10.9 Å². The van der Waals surface area contributed by atoms with Crippen molar-refractivity contribution in [2.24, 2.45) is 0 Å². The fourth-order valence-electron chi connectivity index (χ4n) is 2.27. The first-order valence-electron chi connectivity index (χ1n) is 6.82. The van der Waals surface area contributed by atoms with Crippen LogP contribution in [-0.2, 0) is 0 Å². The second kappa shape index (κ2) is 5.26. The molecule has 1 heterocycles. The van der Waals surface area contributed by atoms with Crippen molar-refractivity contribution in [3.05, 3.63) is 71.4 Å². The van der Waals surface area contributed by atoms with Crippen molar-refractivity contribution < 1.29 is 0 Å². The SMILES string of the molecule is Cc1ccc(-c2nn(-c3ccccc3)cc2C#N)cc1C. The third-order valence-electron chi connectivity index (χ3n) is 3.64. The normalized spacial score (nSPS) is 10.3. The molecule has 0 N–H and O–H groups in total. The van der Waals surface area contributed by atoms with Gasteiger partial charge in [0.25, 0.3) is 0 Å². The molecule has 0 aliphatic carbocycles. The van der Waals surface area contributed by atoms with Crippen molar-refractivity contribution in [3.8, 4) is 23.0 Å². The van der Waals surface area contributed by atoms with Gasteiger partial charge >= 0.3 is 0 Å². The summed E-state index contributed by atoms with van der Waals surface area (Å²) in [6, 6.07) is 18.2. The average molecular weight is 273 g/mol. The van der Waals surface area contributed by atoms with Gasteiger partial charge in [-0.1, -0.05) is 30.3 Å². The van der Waals surface area contributed by atoms with E-state index in [1.165, 1.54) is 11.1 Å². The van der Waals surface area contributed by atoms with E-state index in [1.807, 2.05) is 36.4 Å². The van der Waals surface area contributed by atoms with Crippen LogP contribution in [0, 0.1) is 25.2 Å². The molecular formula is C18H15N3. The van der Waals surface area contributed by atoms with E-state index in [0.717, 1.165) is 16.9 Å². The quantitative estimate of drug-likeness (QED) is 0.707. The molecule has 0 amide bonds. The maximum atomic E-state index is 9.36. The Morgan fingerprint density at radius 3 is 2.43 bits per heavy atom. The molecule has 0 atom stereocenters. The lowest BCUT2D eigenvalue weighted by molar-refractivity contribution is 0.884. The van der Waals surface area contributed by atoms with Gasteiger partial charge in [0.05, 0.1) is 11.3 Å². The molecule has 0 bridgehead atoms. The van der Waals surface area contributed by atoms with Crippen LogP contribution in [0.3, 0.4) is 0 Å². The molecule has 0 spiro atoms. The lowest BCUT2D eigenvalue weighted by Gasteiger charge is -2.03. The highest BCUT2D eigenvalue weighted by molar-refractivity contribution is 5.67. The van der Waals surface area contributed by atoms with Crippen LogP contribution in [0.15, 0.2) is 54.7 Å². The van der Waals surface area contributed by atoms with Crippen LogP contribution in [0.4, 0.5) is 0 Å². The number of benzene rings is 2. The van der Waals surface area contributed by atoms with Gasteiger partial charge in [-0.3, -0.25) is 0 Å². The molecule has 0 aliphatic rings. The molecule has 0 saturated heterocycles. The summed E-state index contributed by atoms with van der Waals surface area (Å²) in [6.07, 6.45) is 1.78. The number of rotatable bonds is 2. The Balaban J connectivity index is 2.13. The monoisotopic (exact) mass is 273 g/mol. The zero-order valence-electron chi connectivity index (χ0n) is 12.0. The summed E-state index contributed by atoms with van der Waals surface area (Å²) in [7, 11) is 0. The summed E-state index contributed by atoms with van der Waals surface area (Å²) in [4.78, 5) is 0. The number of para-hydroxylation sites is 1. The number of aryl methyl sites for hydroxylation is 2. The van der Waals surface area contributed by atoms with Crippen molar-refractivity contribution in [1.82, 2.24) is 9.78 Å². The first-order valence-corrected chi connectivity index (χ1v) is 6.82. The van der Waals surface area contributed by atoms with Gasteiger partial charge in [-0.15, -0.1) is 0 Å². The topological polar surface area (TPSA) is 41.6 Å². The minimum atomic E-state index is 0.585. The summed E-state index contributed by atoms with van der Waals surface area (Å²) in [5, 5.41) is 13.9. The minimum Gasteiger partial charge on any atom is -0.239 e. The molecule has 3 rings (SSSR count). The molecule has 2 aromatic carbocycles. The Labute approximate surface area is 124 Å². The van der Waals surface area contributed by atoms with E-state index < -0.39 is 0 Å². The van der Waals surface area contributed by atoms with Crippen LogP contribution >= 0.6 is 0 Å². The predicted octanol–water partition coefficient (Wildman–Crippen LogP) is 4.03. The zero-order valence-corrected chi connectivity index (χ0v) is 12.0. The van der Waals surface area contributed by atoms with Gasteiger partial charge in [0.15, 0.2) is 0 Å². The molecule has 3 heteroatoms. The Hall–Kier alpha value is -2.86. The highest BCUT2D eigenvalue weighted by Crippen LogP contribution is 2.25. The van der Waals surface area contributed by atoms with E-state index in [-0.39, 0.29) is 0 Å². The van der Waals surface area contributed by atoms with Crippen LogP contribution in [0.25, 0.3) is 16.9 Å². The van der Waals surface area contributed by atoms with Crippen LogP contribution in [0.2, 0.25) is 0 Å². The molecule has 0 radical (unpaired) electrons. The highest BCUT2D eigenvalue weighted by Gasteiger charge is 2.12. The molecule has 0 unspecified atom stereocenters. The molecular weight excluding hydrogens is 258 g/mol. The number of nitrogens with zero attached hydrogens (tertiary/aromatic N) is 3. The zero-order chi connectivity index (χ0) is 14.8. The molecule has 1 aromatic heterocycles. The summed E-state index contributed by atoms with van der Waals surface area (Å²) < 4.78 is 1.75.